The van der Waals surface area contributed by atoms with E-state index in [9.17, 15) is 53.1 Å². The van der Waals surface area contributed by atoms with Gasteiger partial charge in [0, 0.05) is 13.0 Å². The monoisotopic (exact) mass is 873 g/mol. The van der Waals surface area contributed by atoms with Crippen molar-refractivity contribution >= 4 is 65.1 Å². The number of hydrogen-bond donors (Lipinski definition) is 16. The molecule has 0 saturated heterocycles. The first-order chi connectivity index (χ1) is 28.8. The summed E-state index contributed by atoms with van der Waals surface area (Å²) in [6, 6.07) is -6.47. The van der Waals surface area contributed by atoms with Crippen molar-refractivity contribution in [3.8, 4) is 0 Å². The van der Waals surface area contributed by atoms with Gasteiger partial charge in [-0.25, -0.2) is 4.79 Å². The van der Waals surface area contributed by atoms with Crippen molar-refractivity contribution in [3.05, 3.63) is 0 Å². The number of carboxylic acid groups (broad SMARTS) is 1. The minimum Gasteiger partial charge on any atom is -0.480 e. The van der Waals surface area contributed by atoms with E-state index in [4.69, 9.17) is 39.5 Å². The average molecular weight is 874 g/mol. The molecule has 9 amide bonds. The number of aliphatic imine (C=N–C) groups is 1. The van der Waals surface area contributed by atoms with Gasteiger partial charge in [0.15, 0.2) is 5.96 Å². The Labute approximate surface area is 351 Å². The zero-order chi connectivity index (χ0) is 46.3. The summed E-state index contributed by atoms with van der Waals surface area (Å²) in [7, 11) is 0. The lowest BCUT2D eigenvalue weighted by Crippen LogP contribution is -2.56. The first kappa shape index (κ1) is 54.8. The Hall–Kier alpha value is -6.19. The van der Waals surface area contributed by atoms with E-state index in [1.54, 1.807) is 0 Å². The highest BCUT2D eigenvalue weighted by atomic mass is 16.4. The highest BCUT2D eigenvalue weighted by molar-refractivity contribution is 5.96. The van der Waals surface area contributed by atoms with Gasteiger partial charge in [0.05, 0.1) is 32.8 Å². The average Bonchev–Trinajstić information content (AvgIpc) is 3.21. The highest BCUT2D eigenvalue weighted by Crippen LogP contribution is 2.05. The van der Waals surface area contributed by atoms with Gasteiger partial charge in [-0.2, -0.15) is 0 Å². The Morgan fingerprint density at radius 2 is 0.934 bits per heavy atom. The molecule has 0 aromatic carbocycles. The predicted molar refractivity (Wildman–Crippen MR) is 217 cm³/mol. The smallest absolute Gasteiger partial charge is 0.326 e. The number of aliphatic hydroxyl groups is 1. The second-order valence-electron chi connectivity index (χ2n) is 13.5. The van der Waals surface area contributed by atoms with E-state index in [1.807, 2.05) is 0 Å². The number of carboxylic acids is 1. The predicted octanol–water partition coefficient (Wildman–Crippen LogP) is -8.63. The fourth-order valence-electron chi connectivity index (χ4n) is 5.05. The van der Waals surface area contributed by atoms with E-state index >= 15 is 0 Å². The number of nitrogens with zero attached hydrogens (tertiary/aromatic N) is 1. The number of nitrogens with one attached hydrogen (secondary N) is 8. The quantitative estimate of drug-likeness (QED) is 0.0165. The maximum absolute atomic E-state index is 13.5. The lowest BCUT2D eigenvalue weighted by molar-refractivity contribution is -0.142. The molecule has 0 aliphatic rings. The highest BCUT2D eigenvalue weighted by Gasteiger charge is 2.28. The summed E-state index contributed by atoms with van der Waals surface area (Å²) in [6.45, 7) is -2.58. The molecule has 0 bridgehead atoms. The van der Waals surface area contributed by atoms with Gasteiger partial charge in [-0.05, 0) is 70.9 Å². The van der Waals surface area contributed by atoms with Gasteiger partial charge in [0.25, 0.3) is 0 Å². The van der Waals surface area contributed by atoms with Gasteiger partial charge < -0.3 is 87.1 Å². The van der Waals surface area contributed by atoms with Crippen LogP contribution >= 0.6 is 0 Å². The molecule has 0 unspecified atom stereocenters. The molecule has 22 N–H and O–H groups in total. The fraction of sp³-hybridized carbons (Fsp3) is 0.676. The van der Waals surface area contributed by atoms with Crippen LogP contribution in [0.15, 0.2) is 4.99 Å². The second-order valence-corrected chi connectivity index (χ2v) is 13.5. The van der Waals surface area contributed by atoms with E-state index in [-0.39, 0.29) is 57.6 Å². The summed E-state index contributed by atoms with van der Waals surface area (Å²) >= 11 is 0. The van der Waals surface area contributed by atoms with Crippen molar-refractivity contribution in [2.75, 3.05) is 52.4 Å². The van der Waals surface area contributed by atoms with Gasteiger partial charge in [-0.15, -0.1) is 0 Å². The minimum absolute atomic E-state index is 0.0148. The summed E-state index contributed by atoms with van der Waals surface area (Å²) in [5.41, 5.74) is 32.3. The summed E-state index contributed by atoms with van der Waals surface area (Å²) in [4.78, 5) is 128. The largest absolute Gasteiger partial charge is 0.480 e. The van der Waals surface area contributed by atoms with Gasteiger partial charge >= 0.3 is 5.97 Å². The molecule has 0 saturated carbocycles. The molecular weight excluding hydrogens is 810 g/mol. The molecule has 0 aromatic heterocycles. The van der Waals surface area contributed by atoms with Crippen molar-refractivity contribution in [2.45, 2.75) is 94.4 Å². The summed E-state index contributed by atoms with van der Waals surface area (Å²) in [5.74, 6) is -9.07. The molecule has 27 nitrogen and oxygen atoms in total. The molecule has 0 spiro atoms. The van der Waals surface area contributed by atoms with Crippen molar-refractivity contribution in [1.29, 1.82) is 0 Å². The van der Waals surface area contributed by atoms with Crippen LogP contribution in [0.2, 0.25) is 0 Å². The van der Waals surface area contributed by atoms with Crippen molar-refractivity contribution in [1.82, 2.24) is 42.5 Å². The van der Waals surface area contributed by atoms with Gasteiger partial charge in [-0.1, -0.05) is 0 Å². The number of hydrogen-bond acceptors (Lipinski definition) is 15. The zero-order valence-corrected chi connectivity index (χ0v) is 34.0. The van der Waals surface area contributed by atoms with Crippen molar-refractivity contribution in [3.63, 3.8) is 0 Å². The number of carbonyl (C=O) groups is 10. The number of primary amides is 1. The Morgan fingerprint density at radius 3 is 1.41 bits per heavy atom. The van der Waals surface area contributed by atoms with Crippen LogP contribution in [0.5, 0.6) is 0 Å². The van der Waals surface area contributed by atoms with Gasteiger partial charge in [-0.3, -0.25) is 48.1 Å². The van der Waals surface area contributed by atoms with Crippen LogP contribution in [0.25, 0.3) is 0 Å². The third-order valence-corrected chi connectivity index (χ3v) is 8.34. The molecule has 0 radical (unpaired) electrons. The molecule has 346 valence electrons. The maximum atomic E-state index is 13.5. The number of aliphatic hydroxyl groups excluding tert-OH is 1. The second kappa shape index (κ2) is 31.7. The molecule has 5 atom stereocenters. The molecule has 0 aromatic rings. The SMILES string of the molecule is NCCCC[C@H](NC(=O)CNC(=O)CNC(=O)[C@H](CCC(N)=O)NC(=O)[C@H](CCCCN)NC(=O)CNC(=O)[C@H](CCCN=C(N)N)NC(=O)CNC(=O)[C@@H](N)CO)C(=O)O. The number of nitrogens with two attached hydrogens (primary N) is 6. The normalized spacial score (nSPS) is 13.0. The minimum atomic E-state index is -1.44. The van der Waals surface area contributed by atoms with Crippen molar-refractivity contribution in [2.24, 2.45) is 39.4 Å². The molecule has 61 heavy (non-hydrogen) atoms. The summed E-state index contributed by atoms with van der Waals surface area (Å²) in [5, 5.41) is 36.9. The number of amides is 9. The number of guanidine groups is 1. The maximum Gasteiger partial charge on any atom is 0.326 e. The molecule has 0 aliphatic carbocycles. The summed E-state index contributed by atoms with van der Waals surface area (Å²) < 4.78 is 0. The van der Waals surface area contributed by atoms with Crippen molar-refractivity contribution < 1.29 is 58.2 Å². The molecule has 0 rings (SSSR count). The van der Waals surface area contributed by atoms with E-state index in [0.717, 1.165) is 0 Å². The third kappa shape index (κ3) is 26.5. The van der Waals surface area contributed by atoms with Gasteiger partial charge in [0.1, 0.15) is 30.2 Å². The standard InChI is InChI=1S/C34H63N15O12/c35-11-3-1-6-21(47-28(55)17-45-30(57)20(8-5-13-41-34(39)40)46-27(54)16-43-29(56)19(37)18-50)32(59)49-22(9-10-24(38)51)31(58)44-14-25(52)42-15-26(53)48-23(33(60)61)7-2-4-12-36/h19-23,50H,1-18,35-37H2,(H2,38,51)(H,42,52)(H,43,56)(H,44,58)(H,45,57)(H,46,54)(H,47,55)(H,48,53)(H,49,59)(H,60,61)(H4,39,40,41)/t19-,20-,21-,22-,23-/m0/s1. The van der Waals surface area contributed by atoms with E-state index in [1.165, 1.54) is 0 Å². The Balaban J connectivity index is 5.62. The molecule has 0 heterocycles. The lowest BCUT2D eigenvalue weighted by Gasteiger charge is -2.23. The molecule has 0 aliphatic heterocycles. The Morgan fingerprint density at radius 1 is 0.508 bits per heavy atom. The first-order valence-corrected chi connectivity index (χ1v) is 19.5. The van der Waals surface area contributed by atoms with E-state index in [0.29, 0.717) is 32.2 Å². The zero-order valence-electron chi connectivity index (χ0n) is 34.0. The van der Waals surface area contributed by atoms with Crippen LogP contribution in [0.4, 0.5) is 0 Å². The molecule has 27 heteroatoms. The van der Waals surface area contributed by atoms with Gasteiger partial charge in [0.2, 0.25) is 53.2 Å². The number of aliphatic carboxylic acids is 1. The van der Waals surface area contributed by atoms with Crippen LogP contribution < -0.4 is 76.9 Å². The van der Waals surface area contributed by atoms with Crippen LogP contribution in [0.3, 0.4) is 0 Å². The first-order valence-electron chi connectivity index (χ1n) is 19.5. The van der Waals surface area contributed by atoms with Crippen LogP contribution in [0.1, 0.15) is 64.2 Å². The van der Waals surface area contributed by atoms with Crippen LogP contribution in [0, 0.1) is 0 Å². The third-order valence-electron chi connectivity index (χ3n) is 8.34. The van der Waals surface area contributed by atoms with Crippen LogP contribution in [-0.2, 0) is 47.9 Å². The number of rotatable bonds is 33. The number of unbranched alkanes of at least 4 members (excludes halogenated alkanes) is 2. The lowest BCUT2D eigenvalue weighted by atomic mass is 10.1. The summed E-state index contributed by atoms with van der Waals surface area (Å²) in [6.07, 6.45) is 1.40. The Kier molecular flexibility index (Phi) is 28.5. The molecular formula is C34H63N15O12. The van der Waals surface area contributed by atoms with E-state index < -0.39 is 122 Å². The Bertz CT molecular complexity index is 1510. The number of carbonyl (C=O) groups excluding carboxylic acids is 9. The molecule has 0 fully saturated rings. The topological polar surface area (TPSA) is 476 Å². The fourth-order valence-corrected chi connectivity index (χ4v) is 5.05. The van der Waals surface area contributed by atoms with Crippen LogP contribution in [-0.4, -0.2) is 158 Å². The van der Waals surface area contributed by atoms with E-state index in [2.05, 4.69) is 47.5 Å².